The number of rotatable bonds is 6. The number of carbonyl (C=O) groups is 3. The second-order valence-corrected chi connectivity index (χ2v) is 7.93. The van der Waals surface area contributed by atoms with E-state index in [1.54, 1.807) is 71.9 Å². The monoisotopic (exact) mass is 448 g/mol. The topological polar surface area (TPSA) is 91.4 Å². The number of amides is 3. The Labute approximate surface area is 190 Å². The molecule has 1 aromatic heterocycles. The molecule has 1 saturated heterocycles. The lowest BCUT2D eigenvalue weighted by molar-refractivity contribution is -0.126. The van der Waals surface area contributed by atoms with Crippen LogP contribution in [0.25, 0.3) is 0 Å². The molecule has 1 aliphatic rings. The van der Waals surface area contributed by atoms with Gasteiger partial charge in [-0.15, -0.1) is 0 Å². The summed E-state index contributed by atoms with van der Waals surface area (Å²) in [5.74, 6) is -1.00. The van der Waals surface area contributed by atoms with Gasteiger partial charge in [0.2, 0.25) is 11.8 Å². The quantitative estimate of drug-likeness (QED) is 0.602. The molecule has 1 aliphatic heterocycles. The number of halogens is 1. The predicted octanol–water partition coefficient (Wildman–Crippen LogP) is 3.66. The van der Waals surface area contributed by atoms with E-state index in [0.717, 1.165) is 5.56 Å². The highest BCUT2D eigenvalue weighted by Gasteiger charge is 2.35. The van der Waals surface area contributed by atoms with Crippen molar-refractivity contribution in [2.75, 3.05) is 16.8 Å². The molecule has 1 fully saturated rings. The molecular weight excluding hydrogens is 428 g/mol. The van der Waals surface area contributed by atoms with Gasteiger partial charge in [0.05, 0.1) is 5.92 Å². The number of hydrogen-bond acceptors (Lipinski definition) is 4. The van der Waals surface area contributed by atoms with Gasteiger partial charge in [-0.05, 0) is 48.0 Å². The number of hydrogen-bond donors (Lipinski definition) is 2. The van der Waals surface area contributed by atoms with E-state index in [-0.39, 0.29) is 30.7 Å². The summed E-state index contributed by atoms with van der Waals surface area (Å²) in [6.07, 6.45) is 3.35. The first-order valence-electron chi connectivity index (χ1n) is 10.1. The van der Waals surface area contributed by atoms with Crippen molar-refractivity contribution in [1.29, 1.82) is 0 Å². The number of carbonyl (C=O) groups excluding carboxylic acids is 3. The van der Waals surface area contributed by atoms with Gasteiger partial charge in [-0.25, -0.2) is 0 Å². The Morgan fingerprint density at radius 2 is 1.84 bits per heavy atom. The van der Waals surface area contributed by atoms with Crippen molar-refractivity contribution in [3.8, 4) is 0 Å². The molecule has 2 N–H and O–H groups in total. The lowest BCUT2D eigenvalue weighted by Gasteiger charge is -2.17. The van der Waals surface area contributed by atoms with Crippen LogP contribution in [0.15, 0.2) is 73.1 Å². The van der Waals surface area contributed by atoms with Crippen LogP contribution >= 0.6 is 11.6 Å². The van der Waals surface area contributed by atoms with E-state index >= 15 is 0 Å². The molecule has 0 radical (unpaired) electrons. The summed E-state index contributed by atoms with van der Waals surface area (Å²) in [5, 5.41) is 6.22. The molecule has 1 atom stereocenters. The van der Waals surface area contributed by atoms with Gasteiger partial charge >= 0.3 is 0 Å². The normalized spacial score (nSPS) is 15.5. The molecule has 8 heteroatoms. The predicted molar refractivity (Wildman–Crippen MR) is 122 cm³/mol. The summed E-state index contributed by atoms with van der Waals surface area (Å²) in [4.78, 5) is 43.0. The van der Waals surface area contributed by atoms with Crippen molar-refractivity contribution in [1.82, 2.24) is 10.3 Å². The Morgan fingerprint density at radius 1 is 1.06 bits per heavy atom. The zero-order valence-corrected chi connectivity index (χ0v) is 17.9. The molecule has 3 amide bonds. The van der Waals surface area contributed by atoms with Crippen LogP contribution in [0.4, 0.5) is 11.4 Å². The number of benzene rings is 2. The highest BCUT2D eigenvalue weighted by molar-refractivity contribution is 6.31. The highest BCUT2D eigenvalue weighted by Crippen LogP contribution is 2.27. The molecule has 2 aromatic carbocycles. The van der Waals surface area contributed by atoms with Crippen LogP contribution in [0, 0.1) is 5.92 Å². The first-order chi connectivity index (χ1) is 15.5. The summed E-state index contributed by atoms with van der Waals surface area (Å²) in [6.45, 7) is 0.566. The zero-order chi connectivity index (χ0) is 22.5. The highest BCUT2D eigenvalue weighted by atomic mass is 35.5. The summed E-state index contributed by atoms with van der Waals surface area (Å²) < 4.78 is 0. The number of anilines is 2. The fourth-order valence-corrected chi connectivity index (χ4v) is 3.76. The molecular formula is C24H21ClN4O3. The summed E-state index contributed by atoms with van der Waals surface area (Å²) >= 11 is 6.02. The van der Waals surface area contributed by atoms with Crippen molar-refractivity contribution >= 4 is 40.7 Å². The van der Waals surface area contributed by atoms with Gasteiger partial charge in [-0.3, -0.25) is 19.4 Å². The number of nitrogens with zero attached hydrogens (tertiary/aromatic N) is 2. The van der Waals surface area contributed by atoms with Crippen LogP contribution in [0.1, 0.15) is 22.3 Å². The largest absolute Gasteiger partial charge is 0.352 e. The maximum atomic E-state index is 12.7. The van der Waals surface area contributed by atoms with Crippen LogP contribution in [0.5, 0.6) is 0 Å². The van der Waals surface area contributed by atoms with Crippen molar-refractivity contribution in [2.24, 2.45) is 5.92 Å². The van der Waals surface area contributed by atoms with Crippen molar-refractivity contribution < 1.29 is 14.4 Å². The molecule has 7 nitrogen and oxygen atoms in total. The molecule has 3 aromatic rings. The summed E-state index contributed by atoms with van der Waals surface area (Å²) in [5.41, 5.74) is 2.61. The van der Waals surface area contributed by atoms with E-state index in [9.17, 15) is 14.4 Å². The lowest BCUT2D eigenvalue weighted by Crippen LogP contribution is -2.32. The van der Waals surface area contributed by atoms with Crippen LogP contribution < -0.4 is 15.5 Å². The SMILES string of the molecule is O=C(Nc1ccncc1)c1cccc(CNC(=O)C2CC(=O)N(c3cccc(Cl)c3)C2)c1. The minimum absolute atomic E-state index is 0.109. The maximum absolute atomic E-state index is 12.7. The maximum Gasteiger partial charge on any atom is 0.255 e. The molecule has 1 unspecified atom stereocenters. The minimum atomic E-state index is -0.445. The van der Waals surface area contributed by atoms with Gasteiger partial charge in [0.1, 0.15) is 0 Å². The van der Waals surface area contributed by atoms with E-state index < -0.39 is 5.92 Å². The Morgan fingerprint density at radius 3 is 2.62 bits per heavy atom. The average Bonchev–Trinajstić information content (AvgIpc) is 3.20. The molecule has 4 rings (SSSR count). The fourth-order valence-electron chi connectivity index (χ4n) is 3.57. The van der Waals surface area contributed by atoms with Gasteiger partial charge in [0, 0.05) is 53.9 Å². The molecule has 2 heterocycles. The lowest BCUT2D eigenvalue weighted by atomic mass is 10.1. The van der Waals surface area contributed by atoms with E-state index in [0.29, 0.717) is 28.5 Å². The first-order valence-corrected chi connectivity index (χ1v) is 10.5. The van der Waals surface area contributed by atoms with E-state index in [1.807, 2.05) is 6.07 Å². The average molecular weight is 449 g/mol. The summed E-state index contributed by atoms with van der Waals surface area (Å²) in [6, 6.07) is 17.5. The Hall–Kier alpha value is -3.71. The third kappa shape index (κ3) is 5.12. The van der Waals surface area contributed by atoms with Crippen molar-refractivity contribution in [3.63, 3.8) is 0 Å². The minimum Gasteiger partial charge on any atom is -0.352 e. The Kier molecular flexibility index (Phi) is 6.47. The van der Waals surface area contributed by atoms with E-state index in [2.05, 4.69) is 15.6 Å². The van der Waals surface area contributed by atoms with Gasteiger partial charge < -0.3 is 15.5 Å². The van der Waals surface area contributed by atoms with Crippen LogP contribution in [-0.4, -0.2) is 29.3 Å². The zero-order valence-electron chi connectivity index (χ0n) is 17.1. The molecule has 32 heavy (non-hydrogen) atoms. The van der Waals surface area contributed by atoms with Crippen molar-refractivity contribution in [3.05, 3.63) is 89.2 Å². The first kappa shape index (κ1) is 21.5. The van der Waals surface area contributed by atoms with E-state index in [1.165, 1.54) is 0 Å². The number of pyridine rings is 1. The fraction of sp³-hybridized carbons (Fsp3) is 0.167. The molecule has 0 aliphatic carbocycles. The Balaban J connectivity index is 1.35. The standard InChI is InChI=1S/C24H21ClN4O3/c25-19-5-2-6-21(13-19)29-15-18(12-22(29)30)23(31)27-14-16-3-1-4-17(11-16)24(32)28-20-7-9-26-10-8-20/h1-11,13,18H,12,14-15H2,(H,27,31)(H,26,28,32). The second kappa shape index (κ2) is 9.62. The van der Waals surface area contributed by atoms with E-state index in [4.69, 9.17) is 11.6 Å². The second-order valence-electron chi connectivity index (χ2n) is 7.49. The number of aromatic nitrogens is 1. The molecule has 0 bridgehead atoms. The molecule has 0 spiro atoms. The van der Waals surface area contributed by atoms with Gasteiger partial charge in [-0.2, -0.15) is 0 Å². The molecule has 162 valence electrons. The number of nitrogens with one attached hydrogen (secondary N) is 2. The Bertz CT molecular complexity index is 1150. The van der Waals surface area contributed by atoms with Crippen LogP contribution in [0.3, 0.4) is 0 Å². The van der Waals surface area contributed by atoms with Crippen molar-refractivity contribution in [2.45, 2.75) is 13.0 Å². The van der Waals surface area contributed by atoms with Gasteiger partial charge in [0.25, 0.3) is 5.91 Å². The van der Waals surface area contributed by atoms with Crippen LogP contribution in [0.2, 0.25) is 5.02 Å². The van der Waals surface area contributed by atoms with Gasteiger partial charge in [0.15, 0.2) is 0 Å². The summed E-state index contributed by atoms with van der Waals surface area (Å²) in [7, 11) is 0. The van der Waals surface area contributed by atoms with Gasteiger partial charge in [-0.1, -0.05) is 29.8 Å². The smallest absolute Gasteiger partial charge is 0.255 e. The third-order valence-corrected chi connectivity index (χ3v) is 5.44. The molecule has 0 saturated carbocycles. The van der Waals surface area contributed by atoms with Crippen LogP contribution in [-0.2, 0) is 16.1 Å². The third-order valence-electron chi connectivity index (χ3n) is 5.21.